The molecule has 6 heteroatoms. The summed E-state index contributed by atoms with van der Waals surface area (Å²) in [7, 11) is 0. The molecule has 0 bridgehead atoms. The molecule has 0 saturated carbocycles. The van der Waals surface area contributed by atoms with Crippen LogP contribution in [0.5, 0.6) is 5.75 Å². The van der Waals surface area contributed by atoms with Crippen molar-refractivity contribution in [2.24, 2.45) is 0 Å². The molecule has 3 aromatic rings. The molecule has 1 unspecified atom stereocenters. The number of hydrogen-bond acceptors (Lipinski definition) is 3. The first-order valence-corrected chi connectivity index (χ1v) is 10.9. The van der Waals surface area contributed by atoms with Gasteiger partial charge in [-0.15, -0.1) is 11.6 Å². The van der Waals surface area contributed by atoms with Gasteiger partial charge in [-0.3, -0.25) is 9.59 Å². The molecule has 0 spiro atoms. The molecule has 1 heterocycles. The van der Waals surface area contributed by atoms with Crippen LogP contribution in [0.4, 0.5) is 5.69 Å². The third-order valence-electron chi connectivity index (χ3n) is 5.63. The quantitative estimate of drug-likeness (QED) is 0.483. The normalized spacial score (nSPS) is 15.1. The van der Waals surface area contributed by atoms with E-state index in [1.54, 1.807) is 4.90 Å². The zero-order valence-electron chi connectivity index (χ0n) is 17.1. The lowest BCUT2D eigenvalue weighted by Gasteiger charge is -2.19. The van der Waals surface area contributed by atoms with Crippen LogP contribution in [-0.4, -0.2) is 29.4 Å². The van der Waals surface area contributed by atoms with Gasteiger partial charge in [-0.25, -0.2) is 0 Å². The number of carbonyl (C=O) groups excluding carboxylic acids is 1. The summed E-state index contributed by atoms with van der Waals surface area (Å²) in [6, 6.07) is 19.9. The fourth-order valence-electron chi connectivity index (χ4n) is 4.16. The van der Waals surface area contributed by atoms with Crippen LogP contribution in [0, 0.1) is 0 Å². The summed E-state index contributed by atoms with van der Waals surface area (Å²) >= 11 is 6.29. The van der Waals surface area contributed by atoms with E-state index in [0.29, 0.717) is 25.5 Å². The molecule has 3 aromatic carbocycles. The van der Waals surface area contributed by atoms with Crippen molar-refractivity contribution in [1.29, 1.82) is 0 Å². The minimum absolute atomic E-state index is 0.0193. The van der Waals surface area contributed by atoms with Crippen molar-refractivity contribution in [2.45, 2.75) is 31.8 Å². The predicted octanol–water partition coefficient (Wildman–Crippen LogP) is 5.34. The maximum Gasteiger partial charge on any atom is 0.303 e. The van der Waals surface area contributed by atoms with Crippen molar-refractivity contribution in [1.82, 2.24) is 0 Å². The highest BCUT2D eigenvalue weighted by molar-refractivity contribution is 6.19. The number of carboxylic acid groups (broad SMARTS) is 1. The molecule has 1 atom stereocenters. The van der Waals surface area contributed by atoms with Crippen LogP contribution in [0.1, 0.15) is 36.3 Å². The highest BCUT2D eigenvalue weighted by Gasteiger charge is 2.34. The third-order valence-corrected chi connectivity index (χ3v) is 6.01. The number of alkyl halides is 1. The van der Waals surface area contributed by atoms with Crippen molar-refractivity contribution in [3.63, 3.8) is 0 Å². The summed E-state index contributed by atoms with van der Waals surface area (Å²) in [4.78, 5) is 25.5. The van der Waals surface area contributed by atoms with Gasteiger partial charge in [-0.1, -0.05) is 54.6 Å². The third kappa shape index (κ3) is 4.52. The van der Waals surface area contributed by atoms with Crippen LogP contribution in [0.15, 0.2) is 60.7 Å². The molecule has 1 N–H and O–H groups in total. The van der Waals surface area contributed by atoms with E-state index in [-0.39, 0.29) is 24.7 Å². The molecule has 0 radical (unpaired) electrons. The van der Waals surface area contributed by atoms with Crippen molar-refractivity contribution in [3.05, 3.63) is 71.8 Å². The number of anilines is 1. The number of nitrogens with zero attached hydrogens (tertiary/aromatic N) is 1. The minimum Gasteiger partial charge on any atom is -0.488 e. The Bertz CT molecular complexity index is 1100. The smallest absolute Gasteiger partial charge is 0.303 e. The Kier molecular flexibility index (Phi) is 6.42. The van der Waals surface area contributed by atoms with E-state index < -0.39 is 5.97 Å². The Labute approximate surface area is 186 Å². The lowest BCUT2D eigenvalue weighted by Crippen LogP contribution is -2.30. The predicted molar refractivity (Wildman–Crippen MR) is 122 cm³/mol. The molecule has 0 aromatic heterocycles. The van der Waals surface area contributed by atoms with Gasteiger partial charge in [0.25, 0.3) is 0 Å². The van der Waals surface area contributed by atoms with Gasteiger partial charge in [0.05, 0.1) is 5.69 Å². The van der Waals surface area contributed by atoms with E-state index in [2.05, 4.69) is 0 Å². The van der Waals surface area contributed by atoms with Crippen LogP contribution in [0.2, 0.25) is 0 Å². The van der Waals surface area contributed by atoms with Crippen LogP contribution in [-0.2, 0) is 16.2 Å². The van der Waals surface area contributed by atoms with Crippen molar-refractivity contribution < 1.29 is 19.4 Å². The highest BCUT2D eigenvalue weighted by Crippen LogP contribution is 2.45. The maximum absolute atomic E-state index is 12.9. The largest absolute Gasteiger partial charge is 0.488 e. The number of carboxylic acids is 1. The Morgan fingerprint density at radius 1 is 1.03 bits per heavy atom. The average Bonchev–Trinajstić information content (AvgIpc) is 3.17. The lowest BCUT2D eigenvalue weighted by atomic mass is 9.95. The van der Waals surface area contributed by atoms with E-state index in [1.165, 1.54) is 0 Å². The Morgan fingerprint density at radius 3 is 2.45 bits per heavy atom. The van der Waals surface area contributed by atoms with Crippen LogP contribution in [0.3, 0.4) is 0 Å². The Balaban J connectivity index is 1.69. The number of fused-ring (bicyclic) bond motifs is 3. The SMILES string of the molecule is O=C(O)CCCC(=O)N1CC(CCl)c2c1cc(OCc1ccccc1)c1ccccc21. The molecule has 0 aliphatic carbocycles. The number of carbonyl (C=O) groups is 2. The molecule has 1 amide bonds. The van der Waals surface area contributed by atoms with Gasteiger partial charge in [-0.05, 0) is 22.9 Å². The summed E-state index contributed by atoms with van der Waals surface area (Å²) < 4.78 is 6.19. The van der Waals surface area contributed by atoms with Gasteiger partial charge in [0.15, 0.2) is 0 Å². The first-order chi connectivity index (χ1) is 15.1. The molecule has 1 aliphatic heterocycles. The van der Waals surface area contributed by atoms with Crippen molar-refractivity contribution in [2.75, 3.05) is 17.3 Å². The standard InChI is InChI=1S/C25H24ClNO4/c26-14-18-15-27(23(28)11-6-12-24(29)30)21-13-22(31-16-17-7-2-1-3-8-17)19-9-4-5-10-20(19)25(18)21/h1-5,7-10,13,18H,6,11-12,14-16H2,(H,29,30). The fraction of sp³-hybridized carbons (Fsp3) is 0.280. The number of rotatable bonds is 8. The fourth-order valence-corrected chi connectivity index (χ4v) is 4.41. The van der Waals surface area contributed by atoms with E-state index in [1.807, 2.05) is 60.7 Å². The van der Waals surface area contributed by atoms with Crippen molar-refractivity contribution >= 4 is 39.9 Å². The number of benzene rings is 3. The maximum atomic E-state index is 12.9. The van der Waals surface area contributed by atoms with Gasteiger partial charge in [-0.2, -0.15) is 0 Å². The van der Waals surface area contributed by atoms with E-state index in [4.69, 9.17) is 21.4 Å². The number of amides is 1. The number of halogens is 1. The summed E-state index contributed by atoms with van der Waals surface area (Å²) in [5.41, 5.74) is 2.93. The number of aliphatic carboxylic acids is 1. The Hall–Kier alpha value is -3.05. The second-order valence-electron chi connectivity index (χ2n) is 7.73. The van der Waals surface area contributed by atoms with E-state index >= 15 is 0 Å². The highest BCUT2D eigenvalue weighted by atomic mass is 35.5. The molecular formula is C25H24ClNO4. The first-order valence-electron chi connectivity index (χ1n) is 10.4. The molecule has 0 fully saturated rings. The van der Waals surface area contributed by atoms with Crippen LogP contribution < -0.4 is 9.64 Å². The lowest BCUT2D eigenvalue weighted by molar-refractivity contribution is -0.137. The summed E-state index contributed by atoms with van der Waals surface area (Å²) in [5, 5.41) is 10.9. The topological polar surface area (TPSA) is 66.8 Å². The Morgan fingerprint density at radius 2 is 1.74 bits per heavy atom. The van der Waals surface area contributed by atoms with Gasteiger partial charge in [0, 0.05) is 42.6 Å². The monoisotopic (exact) mass is 437 g/mol. The zero-order chi connectivity index (χ0) is 21.8. The molecule has 160 valence electrons. The number of ether oxygens (including phenoxy) is 1. The van der Waals surface area contributed by atoms with Gasteiger partial charge < -0.3 is 14.7 Å². The second-order valence-corrected chi connectivity index (χ2v) is 8.04. The molecule has 31 heavy (non-hydrogen) atoms. The van der Waals surface area contributed by atoms with Crippen LogP contribution >= 0.6 is 11.6 Å². The van der Waals surface area contributed by atoms with Crippen LogP contribution in [0.25, 0.3) is 10.8 Å². The molecule has 5 nitrogen and oxygen atoms in total. The van der Waals surface area contributed by atoms with Gasteiger partial charge in [0.2, 0.25) is 5.91 Å². The molecular weight excluding hydrogens is 414 g/mol. The van der Waals surface area contributed by atoms with Gasteiger partial charge >= 0.3 is 5.97 Å². The van der Waals surface area contributed by atoms with E-state index in [0.717, 1.165) is 33.3 Å². The summed E-state index contributed by atoms with van der Waals surface area (Å²) in [5.74, 6) is 0.167. The summed E-state index contributed by atoms with van der Waals surface area (Å²) in [6.07, 6.45) is 0.485. The minimum atomic E-state index is -0.893. The zero-order valence-corrected chi connectivity index (χ0v) is 17.8. The average molecular weight is 438 g/mol. The first kappa shape index (κ1) is 21.2. The van der Waals surface area contributed by atoms with Crippen molar-refractivity contribution in [3.8, 4) is 5.75 Å². The number of hydrogen-bond donors (Lipinski definition) is 1. The van der Waals surface area contributed by atoms with E-state index in [9.17, 15) is 9.59 Å². The molecule has 0 saturated heterocycles. The van der Waals surface area contributed by atoms with Gasteiger partial charge in [0.1, 0.15) is 12.4 Å². The summed E-state index contributed by atoms with van der Waals surface area (Å²) in [6.45, 7) is 0.923. The second kappa shape index (κ2) is 9.40. The molecule has 1 aliphatic rings. The molecule has 4 rings (SSSR count).